The van der Waals surface area contributed by atoms with Crippen molar-refractivity contribution in [2.24, 2.45) is 17.1 Å². The Bertz CT molecular complexity index is 220. The van der Waals surface area contributed by atoms with E-state index in [9.17, 15) is 4.79 Å². The molecule has 1 atom stereocenters. The van der Waals surface area contributed by atoms with Gasteiger partial charge in [-0.1, -0.05) is 27.2 Å². The van der Waals surface area contributed by atoms with E-state index >= 15 is 0 Å². The monoisotopic (exact) mass is 212 g/mol. The average Bonchev–Trinajstić information content (AvgIpc) is 2.39. The molecule has 2 N–H and O–H groups in total. The van der Waals surface area contributed by atoms with Gasteiger partial charge in [-0.25, -0.2) is 0 Å². The summed E-state index contributed by atoms with van der Waals surface area (Å²) in [4.78, 5) is 14.1. The lowest BCUT2D eigenvalue weighted by atomic mass is 9.94. The normalized spacial score (nSPS) is 23.7. The third-order valence-corrected chi connectivity index (χ3v) is 3.03. The van der Waals surface area contributed by atoms with Gasteiger partial charge < -0.3 is 10.6 Å². The van der Waals surface area contributed by atoms with E-state index in [1.54, 1.807) is 0 Å². The van der Waals surface area contributed by atoms with Crippen LogP contribution < -0.4 is 5.73 Å². The van der Waals surface area contributed by atoms with Crippen molar-refractivity contribution in [2.45, 2.75) is 40.0 Å². The van der Waals surface area contributed by atoms with Gasteiger partial charge in [-0.05, 0) is 25.3 Å². The molecular formula is C12H24N2O. The first-order valence-corrected chi connectivity index (χ1v) is 5.94. The molecule has 0 radical (unpaired) electrons. The van der Waals surface area contributed by atoms with Crippen LogP contribution in [0.15, 0.2) is 0 Å². The Hall–Kier alpha value is -0.570. The Kier molecular flexibility index (Phi) is 4.14. The first kappa shape index (κ1) is 12.5. The minimum Gasteiger partial charge on any atom is -0.342 e. The quantitative estimate of drug-likeness (QED) is 0.718. The van der Waals surface area contributed by atoms with Crippen LogP contribution in [-0.2, 0) is 4.79 Å². The van der Waals surface area contributed by atoms with Gasteiger partial charge in [0.1, 0.15) is 0 Å². The SMILES string of the molecule is CC(C)(C)C(=O)N1CCCCC(CN)C1. The second-order valence-corrected chi connectivity index (χ2v) is 5.60. The smallest absolute Gasteiger partial charge is 0.227 e. The molecule has 0 aliphatic carbocycles. The second-order valence-electron chi connectivity index (χ2n) is 5.60. The molecule has 1 unspecified atom stereocenters. The van der Waals surface area contributed by atoms with Crippen molar-refractivity contribution < 1.29 is 4.79 Å². The predicted molar refractivity (Wildman–Crippen MR) is 62.4 cm³/mol. The van der Waals surface area contributed by atoms with E-state index in [0.29, 0.717) is 12.5 Å². The van der Waals surface area contributed by atoms with Gasteiger partial charge in [0.15, 0.2) is 0 Å². The van der Waals surface area contributed by atoms with E-state index in [2.05, 4.69) is 0 Å². The number of hydrogen-bond acceptors (Lipinski definition) is 2. The maximum absolute atomic E-state index is 12.1. The Morgan fingerprint density at radius 1 is 1.40 bits per heavy atom. The Balaban J connectivity index is 2.63. The summed E-state index contributed by atoms with van der Waals surface area (Å²) in [7, 11) is 0. The van der Waals surface area contributed by atoms with E-state index in [-0.39, 0.29) is 11.3 Å². The number of rotatable bonds is 1. The molecule has 15 heavy (non-hydrogen) atoms. The van der Waals surface area contributed by atoms with Crippen molar-refractivity contribution in [3.05, 3.63) is 0 Å². The zero-order valence-electron chi connectivity index (χ0n) is 10.3. The lowest BCUT2D eigenvalue weighted by Gasteiger charge is -2.30. The van der Waals surface area contributed by atoms with Crippen LogP contribution in [0.4, 0.5) is 0 Å². The molecule has 1 saturated heterocycles. The maximum Gasteiger partial charge on any atom is 0.227 e. The molecule has 0 spiro atoms. The summed E-state index contributed by atoms with van der Waals surface area (Å²) >= 11 is 0. The molecule has 0 bridgehead atoms. The number of hydrogen-bond donors (Lipinski definition) is 1. The van der Waals surface area contributed by atoms with Crippen LogP contribution in [0.2, 0.25) is 0 Å². The summed E-state index contributed by atoms with van der Waals surface area (Å²) in [6.07, 6.45) is 3.50. The van der Waals surface area contributed by atoms with Crippen LogP contribution in [0.3, 0.4) is 0 Å². The highest BCUT2D eigenvalue weighted by atomic mass is 16.2. The summed E-state index contributed by atoms with van der Waals surface area (Å²) in [5.41, 5.74) is 5.45. The number of likely N-dealkylation sites (tertiary alicyclic amines) is 1. The molecule has 0 saturated carbocycles. The van der Waals surface area contributed by atoms with Crippen LogP contribution >= 0.6 is 0 Å². The lowest BCUT2D eigenvalue weighted by Crippen LogP contribution is -2.42. The molecule has 1 aliphatic rings. The van der Waals surface area contributed by atoms with Gasteiger partial charge in [0.25, 0.3) is 0 Å². The second kappa shape index (κ2) is 4.97. The molecule has 1 rings (SSSR count). The highest BCUT2D eigenvalue weighted by Gasteiger charge is 2.29. The average molecular weight is 212 g/mol. The van der Waals surface area contributed by atoms with Crippen LogP contribution in [-0.4, -0.2) is 30.4 Å². The lowest BCUT2D eigenvalue weighted by molar-refractivity contribution is -0.139. The van der Waals surface area contributed by atoms with Crippen LogP contribution in [0, 0.1) is 11.3 Å². The highest BCUT2D eigenvalue weighted by molar-refractivity contribution is 5.81. The van der Waals surface area contributed by atoms with Gasteiger partial charge in [-0.15, -0.1) is 0 Å². The Labute approximate surface area is 93.0 Å². The Morgan fingerprint density at radius 3 is 2.60 bits per heavy atom. The molecule has 3 heteroatoms. The zero-order valence-corrected chi connectivity index (χ0v) is 10.3. The van der Waals surface area contributed by atoms with Crippen molar-refractivity contribution in [1.29, 1.82) is 0 Å². The van der Waals surface area contributed by atoms with Crippen molar-refractivity contribution in [2.75, 3.05) is 19.6 Å². The highest BCUT2D eigenvalue weighted by Crippen LogP contribution is 2.22. The minimum atomic E-state index is -0.260. The van der Waals surface area contributed by atoms with Crippen molar-refractivity contribution in [3.8, 4) is 0 Å². The molecule has 3 nitrogen and oxygen atoms in total. The number of carbonyl (C=O) groups is 1. The molecule has 0 aromatic rings. The summed E-state index contributed by atoms with van der Waals surface area (Å²) in [6, 6.07) is 0. The maximum atomic E-state index is 12.1. The third kappa shape index (κ3) is 3.49. The summed E-state index contributed by atoms with van der Waals surface area (Å²) in [5.74, 6) is 0.765. The number of nitrogens with two attached hydrogens (primary N) is 1. The van der Waals surface area contributed by atoms with E-state index in [0.717, 1.165) is 19.5 Å². The summed E-state index contributed by atoms with van der Waals surface area (Å²) < 4.78 is 0. The minimum absolute atomic E-state index is 0.260. The fourth-order valence-electron chi connectivity index (χ4n) is 2.08. The first-order valence-electron chi connectivity index (χ1n) is 5.94. The molecular weight excluding hydrogens is 188 g/mol. The molecule has 1 amide bonds. The number of amides is 1. The van der Waals surface area contributed by atoms with Crippen molar-refractivity contribution in [3.63, 3.8) is 0 Å². The molecule has 1 fully saturated rings. The molecule has 0 aromatic heterocycles. The molecule has 1 heterocycles. The third-order valence-electron chi connectivity index (χ3n) is 3.03. The number of carbonyl (C=O) groups excluding carboxylic acids is 1. The fourth-order valence-corrected chi connectivity index (χ4v) is 2.08. The van der Waals surface area contributed by atoms with Crippen molar-refractivity contribution in [1.82, 2.24) is 4.90 Å². The summed E-state index contributed by atoms with van der Waals surface area (Å²) in [6.45, 7) is 8.42. The largest absolute Gasteiger partial charge is 0.342 e. The van der Waals surface area contributed by atoms with E-state index < -0.39 is 0 Å². The van der Waals surface area contributed by atoms with E-state index in [1.807, 2.05) is 25.7 Å². The van der Waals surface area contributed by atoms with Crippen LogP contribution in [0.1, 0.15) is 40.0 Å². The fraction of sp³-hybridized carbons (Fsp3) is 0.917. The van der Waals surface area contributed by atoms with Gasteiger partial charge in [0.05, 0.1) is 0 Å². The topological polar surface area (TPSA) is 46.3 Å². The molecule has 0 aromatic carbocycles. The van der Waals surface area contributed by atoms with E-state index in [4.69, 9.17) is 5.73 Å². The van der Waals surface area contributed by atoms with Gasteiger partial charge in [0, 0.05) is 18.5 Å². The standard InChI is InChI=1S/C12H24N2O/c1-12(2,3)11(15)14-7-5-4-6-10(8-13)9-14/h10H,4-9,13H2,1-3H3. The molecule has 1 aliphatic heterocycles. The predicted octanol–water partition coefficient (Wildman–Crippen LogP) is 1.62. The molecule has 88 valence electrons. The van der Waals surface area contributed by atoms with Crippen LogP contribution in [0.25, 0.3) is 0 Å². The van der Waals surface area contributed by atoms with Gasteiger partial charge in [-0.2, -0.15) is 0 Å². The van der Waals surface area contributed by atoms with Crippen molar-refractivity contribution >= 4 is 5.91 Å². The van der Waals surface area contributed by atoms with Gasteiger partial charge in [-0.3, -0.25) is 4.79 Å². The van der Waals surface area contributed by atoms with E-state index in [1.165, 1.54) is 12.8 Å². The first-order chi connectivity index (χ1) is 6.95. The van der Waals surface area contributed by atoms with Gasteiger partial charge in [0.2, 0.25) is 5.91 Å². The number of nitrogens with zero attached hydrogens (tertiary/aromatic N) is 1. The Morgan fingerprint density at radius 2 is 2.07 bits per heavy atom. The van der Waals surface area contributed by atoms with Gasteiger partial charge >= 0.3 is 0 Å². The summed E-state index contributed by atoms with van der Waals surface area (Å²) in [5, 5.41) is 0. The van der Waals surface area contributed by atoms with Crippen LogP contribution in [0.5, 0.6) is 0 Å². The zero-order chi connectivity index (χ0) is 11.5.